The number of carbonyl (C=O) groups excluding carboxylic acids is 2. The molecule has 0 spiro atoms. The van der Waals surface area contributed by atoms with Crippen LogP contribution in [0, 0.1) is 0 Å². The number of aromatic nitrogens is 1. The molecule has 2 aromatic heterocycles. The zero-order valence-electron chi connectivity index (χ0n) is 17.0. The van der Waals surface area contributed by atoms with Crippen LogP contribution in [0.3, 0.4) is 0 Å². The summed E-state index contributed by atoms with van der Waals surface area (Å²) in [7, 11) is 0. The van der Waals surface area contributed by atoms with Crippen LogP contribution in [-0.2, 0) is 4.79 Å². The Morgan fingerprint density at radius 3 is 2.61 bits per heavy atom. The van der Waals surface area contributed by atoms with E-state index in [0.29, 0.717) is 22.5 Å². The molecule has 0 aliphatic carbocycles. The van der Waals surface area contributed by atoms with Crippen LogP contribution in [0.15, 0.2) is 65.3 Å². The Balaban J connectivity index is 1.35. The molecule has 0 radical (unpaired) electrons. The lowest BCUT2D eigenvalue weighted by atomic mass is 10.0. The van der Waals surface area contributed by atoms with E-state index in [4.69, 9.17) is 9.15 Å². The van der Waals surface area contributed by atoms with Crippen molar-refractivity contribution in [2.75, 3.05) is 17.2 Å². The van der Waals surface area contributed by atoms with Crippen LogP contribution in [0.25, 0.3) is 10.2 Å². The lowest BCUT2D eigenvalue weighted by molar-refractivity contribution is -0.118. The molecule has 0 bridgehead atoms. The van der Waals surface area contributed by atoms with Crippen molar-refractivity contribution in [1.29, 1.82) is 0 Å². The molecule has 2 N–H and O–H groups in total. The van der Waals surface area contributed by atoms with Gasteiger partial charge in [-0.05, 0) is 53.9 Å². The normalized spacial score (nSPS) is 10.9. The largest absolute Gasteiger partial charge is 0.484 e. The van der Waals surface area contributed by atoms with Crippen molar-refractivity contribution in [3.05, 3.63) is 72.2 Å². The summed E-state index contributed by atoms with van der Waals surface area (Å²) in [6, 6.07) is 16.3. The van der Waals surface area contributed by atoms with Crippen LogP contribution in [0.4, 0.5) is 10.8 Å². The number of fused-ring (bicyclic) bond motifs is 1. The van der Waals surface area contributed by atoms with Gasteiger partial charge in [0.1, 0.15) is 5.75 Å². The van der Waals surface area contributed by atoms with E-state index in [1.165, 1.54) is 23.2 Å². The van der Waals surface area contributed by atoms with Crippen molar-refractivity contribution in [3.8, 4) is 5.75 Å². The molecule has 0 fully saturated rings. The van der Waals surface area contributed by atoms with E-state index < -0.39 is 0 Å². The number of nitrogens with zero attached hydrogens (tertiary/aromatic N) is 1. The monoisotopic (exact) mass is 435 g/mol. The predicted molar refractivity (Wildman–Crippen MR) is 121 cm³/mol. The molecular formula is C23H21N3O4S. The first-order chi connectivity index (χ1) is 15.0. The van der Waals surface area contributed by atoms with Gasteiger partial charge in [0.25, 0.3) is 11.8 Å². The number of benzene rings is 2. The number of thiazole rings is 1. The Morgan fingerprint density at radius 1 is 1.10 bits per heavy atom. The van der Waals surface area contributed by atoms with Crippen LogP contribution >= 0.6 is 11.3 Å². The second kappa shape index (κ2) is 9.01. The number of nitrogens with one attached hydrogen (secondary N) is 2. The van der Waals surface area contributed by atoms with Crippen LogP contribution < -0.4 is 15.4 Å². The van der Waals surface area contributed by atoms with Crippen molar-refractivity contribution >= 4 is 44.2 Å². The lowest BCUT2D eigenvalue weighted by Crippen LogP contribution is -2.20. The summed E-state index contributed by atoms with van der Waals surface area (Å²) in [6.07, 6.45) is 1.44. The van der Waals surface area contributed by atoms with Gasteiger partial charge in [0, 0.05) is 5.69 Å². The van der Waals surface area contributed by atoms with Gasteiger partial charge in [-0.1, -0.05) is 37.3 Å². The van der Waals surface area contributed by atoms with Crippen LogP contribution in [0.5, 0.6) is 5.75 Å². The van der Waals surface area contributed by atoms with Crippen molar-refractivity contribution in [2.45, 2.75) is 19.8 Å². The lowest BCUT2D eigenvalue weighted by Gasteiger charge is -2.09. The molecule has 158 valence electrons. The summed E-state index contributed by atoms with van der Waals surface area (Å²) in [5.41, 5.74) is 2.57. The fourth-order valence-corrected chi connectivity index (χ4v) is 3.82. The van der Waals surface area contributed by atoms with Gasteiger partial charge in [-0.15, -0.1) is 0 Å². The summed E-state index contributed by atoms with van der Waals surface area (Å²) in [5, 5.41) is 5.98. The summed E-state index contributed by atoms with van der Waals surface area (Å²) >= 11 is 1.31. The third kappa shape index (κ3) is 5.10. The van der Waals surface area contributed by atoms with Crippen LogP contribution in [0.2, 0.25) is 0 Å². The summed E-state index contributed by atoms with van der Waals surface area (Å²) in [5.74, 6) is 0.678. The van der Waals surface area contributed by atoms with Gasteiger partial charge in [0.2, 0.25) is 0 Å². The predicted octanol–water partition coefficient (Wildman–Crippen LogP) is 5.28. The summed E-state index contributed by atoms with van der Waals surface area (Å²) < 4.78 is 11.5. The minimum Gasteiger partial charge on any atom is -0.484 e. The number of carbonyl (C=O) groups is 2. The highest BCUT2D eigenvalue weighted by Gasteiger charge is 2.13. The maximum absolute atomic E-state index is 12.3. The van der Waals surface area contributed by atoms with Crippen molar-refractivity contribution in [2.24, 2.45) is 0 Å². The number of anilines is 2. The van der Waals surface area contributed by atoms with Crippen LogP contribution in [-0.4, -0.2) is 23.4 Å². The zero-order chi connectivity index (χ0) is 21.8. The maximum Gasteiger partial charge on any atom is 0.293 e. The molecule has 2 aromatic carbocycles. The van der Waals surface area contributed by atoms with E-state index in [9.17, 15) is 9.59 Å². The quantitative estimate of drug-likeness (QED) is 0.412. The van der Waals surface area contributed by atoms with Gasteiger partial charge in [-0.25, -0.2) is 4.98 Å². The molecule has 0 saturated heterocycles. The molecule has 7 nitrogen and oxygen atoms in total. The minimum absolute atomic E-state index is 0.0911. The Hall–Kier alpha value is -3.65. The molecule has 8 heteroatoms. The highest BCUT2D eigenvalue weighted by molar-refractivity contribution is 7.22. The summed E-state index contributed by atoms with van der Waals surface area (Å²) in [4.78, 5) is 28.7. The van der Waals surface area contributed by atoms with E-state index in [-0.39, 0.29) is 24.2 Å². The van der Waals surface area contributed by atoms with Crippen molar-refractivity contribution in [3.63, 3.8) is 0 Å². The molecule has 0 aliphatic rings. The second-order valence-electron chi connectivity index (χ2n) is 7.19. The van der Waals surface area contributed by atoms with Crippen molar-refractivity contribution < 1.29 is 18.7 Å². The molecule has 2 heterocycles. The van der Waals surface area contributed by atoms with Gasteiger partial charge >= 0.3 is 0 Å². The molecule has 2 amide bonds. The maximum atomic E-state index is 12.3. The molecule has 0 saturated carbocycles. The fourth-order valence-electron chi connectivity index (χ4n) is 2.92. The first-order valence-corrected chi connectivity index (χ1v) is 10.6. The molecule has 0 atom stereocenters. The highest BCUT2D eigenvalue weighted by Crippen LogP contribution is 2.29. The van der Waals surface area contributed by atoms with Gasteiger partial charge in [-0.3, -0.25) is 14.9 Å². The van der Waals surface area contributed by atoms with E-state index in [2.05, 4.69) is 29.5 Å². The van der Waals surface area contributed by atoms with E-state index in [1.54, 1.807) is 24.3 Å². The van der Waals surface area contributed by atoms with Gasteiger partial charge in [-0.2, -0.15) is 0 Å². The van der Waals surface area contributed by atoms with Crippen LogP contribution in [0.1, 0.15) is 35.9 Å². The Bertz CT molecular complexity index is 1200. The third-order valence-electron chi connectivity index (χ3n) is 4.55. The molecule has 4 aromatic rings. The number of hydrogen-bond acceptors (Lipinski definition) is 6. The Kier molecular flexibility index (Phi) is 5.99. The van der Waals surface area contributed by atoms with E-state index in [0.717, 1.165) is 10.2 Å². The topological polar surface area (TPSA) is 93.5 Å². The highest BCUT2D eigenvalue weighted by atomic mass is 32.1. The molecule has 4 rings (SSSR count). The fraction of sp³-hybridized carbons (Fsp3) is 0.174. The molecular weight excluding hydrogens is 414 g/mol. The number of amides is 2. The first-order valence-electron chi connectivity index (χ1n) is 9.76. The van der Waals surface area contributed by atoms with E-state index >= 15 is 0 Å². The van der Waals surface area contributed by atoms with Crippen molar-refractivity contribution in [1.82, 2.24) is 4.98 Å². The summed E-state index contributed by atoms with van der Waals surface area (Å²) in [6.45, 7) is 4.16. The van der Waals surface area contributed by atoms with Gasteiger partial charge in [0.15, 0.2) is 17.5 Å². The van der Waals surface area contributed by atoms with E-state index in [1.807, 2.05) is 30.3 Å². The third-order valence-corrected chi connectivity index (χ3v) is 5.49. The smallest absolute Gasteiger partial charge is 0.293 e. The average Bonchev–Trinajstić information content (AvgIpc) is 3.42. The zero-order valence-corrected chi connectivity index (χ0v) is 17.9. The number of hydrogen-bond donors (Lipinski definition) is 2. The molecule has 0 aliphatic heterocycles. The molecule has 0 unspecified atom stereocenters. The van der Waals surface area contributed by atoms with Gasteiger partial charge < -0.3 is 14.5 Å². The molecule has 31 heavy (non-hydrogen) atoms. The number of furan rings is 1. The average molecular weight is 436 g/mol. The number of ether oxygens (including phenoxy) is 1. The SMILES string of the molecule is CC(C)c1ccc(OCC(=O)Nc2ccc3nc(NC(=O)c4ccco4)sc3c2)cc1. The van der Waals surface area contributed by atoms with Gasteiger partial charge in [0.05, 0.1) is 16.5 Å². The minimum atomic E-state index is -0.365. The Morgan fingerprint density at radius 2 is 1.90 bits per heavy atom. The standard InChI is InChI=1S/C23H21N3O4S/c1-14(2)15-5-8-17(9-6-15)30-13-21(27)24-16-7-10-18-20(12-16)31-23(25-18)26-22(28)19-4-3-11-29-19/h3-12,14H,13H2,1-2H3,(H,24,27)(H,25,26,28). The first kappa shape index (κ1) is 20.6. The second-order valence-corrected chi connectivity index (χ2v) is 8.22. The number of rotatable bonds is 7. The Labute approximate surface area is 183 Å².